The lowest BCUT2D eigenvalue weighted by molar-refractivity contribution is 0.141. The molecule has 174 valence electrons. The number of nitrogens with one attached hydrogen (secondary N) is 1. The zero-order valence-corrected chi connectivity index (χ0v) is 19.7. The molecule has 3 aromatic heterocycles. The van der Waals surface area contributed by atoms with Gasteiger partial charge in [-0.3, -0.25) is 9.98 Å². The third-order valence-corrected chi connectivity index (χ3v) is 5.11. The molecule has 0 radical (unpaired) electrons. The lowest BCUT2D eigenvalue weighted by atomic mass is 10.1. The second kappa shape index (κ2) is 10.7. The second-order valence-electron chi connectivity index (χ2n) is 8.09. The van der Waals surface area contributed by atoms with Crippen LogP contribution in [0.15, 0.2) is 71.8 Å². The van der Waals surface area contributed by atoms with Crippen LogP contribution in [0.5, 0.6) is 5.75 Å². The van der Waals surface area contributed by atoms with Crippen molar-refractivity contribution in [2.75, 3.05) is 19.0 Å². The van der Waals surface area contributed by atoms with Gasteiger partial charge in [0.25, 0.3) is 0 Å². The SMILES string of the molecule is C=C(C)C/C1=C(\C=NC)c2nccc(n2)Nc2cc(c(-c3ccccn3)cn2)O[C@@H](C)CCO1. The van der Waals surface area contributed by atoms with Crippen LogP contribution in [-0.2, 0) is 4.74 Å². The first-order valence-electron chi connectivity index (χ1n) is 11.1. The maximum Gasteiger partial charge on any atom is 0.166 e. The van der Waals surface area contributed by atoms with E-state index in [4.69, 9.17) is 14.5 Å². The number of hydrogen-bond acceptors (Lipinski definition) is 8. The van der Waals surface area contributed by atoms with Crippen molar-refractivity contribution >= 4 is 23.4 Å². The van der Waals surface area contributed by atoms with Gasteiger partial charge in [-0.25, -0.2) is 15.0 Å². The van der Waals surface area contributed by atoms with Gasteiger partial charge in [0.1, 0.15) is 23.1 Å². The average Bonchev–Trinajstić information content (AvgIpc) is 2.82. The molecule has 0 aromatic carbocycles. The number of rotatable bonds is 4. The molecule has 1 N–H and O–H groups in total. The van der Waals surface area contributed by atoms with Crippen molar-refractivity contribution < 1.29 is 9.47 Å². The highest BCUT2D eigenvalue weighted by Gasteiger charge is 2.18. The fraction of sp³-hybridized carbons (Fsp3) is 0.269. The summed E-state index contributed by atoms with van der Waals surface area (Å²) in [6.07, 6.45) is 8.05. The Morgan fingerprint density at radius 2 is 2.09 bits per heavy atom. The molecule has 0 saturated carbocycles. The third-order valence-electron chi connectivity index (χ3n) is 5.11. The number of nitrogens with zero attached hydrogens (tertiary/aromatic N) is 5. The van der Waals surface area contributed by atoms with E-state index in [0.29, 0.717) is 42.7 Å². The highest BCUT2D eigenvalue weighted by Crippen LogP contribution is 2.32. The molecule has 4 heterocycles. The number of pyridine rings is 2. The van der Waals surface area contributed by atoms with Gasteiger partial charge in [-0.15, -0.1) is 0 Å². The third kappa shape index (κ3) is 5.64. The van der Waals surface area contributed by atoms with E-state index in [1.165, 1.54) is 0 Å². The van der Waals surface area contributed by atoms with E-state index in [0.717, 1.165) is 28.2 Å². The van der Waals surface area contributed by atoms with E-state index in [2.05, 4.69) is 31.8 Å². The summed E-state index contributed by atoms with van der Waals surface area (Å²) < 4.78 is 12.6. The van der Waals surface area contributed by atoms with Gasteiger partial charge in [-0.05, 0) is 32.0 Å². The smallest absolute Gasteiger partial charge is 0.166 e. The van der Waals surface area contributed by atoms with Crippen molar-refractivity contribution in [1.82, 2.24) is 19.9 Å². The molecule has 8 nitrogen and oxygen atoms in total. The van der Waals surface area contributed by atoms with Crippen LogP contribution in [0.2, 0.25) is 0 Å². The van der Waals surface area contributed by atoms with E-state index in [9.17, 15) is 0 Å². The Bertz CT molecular complexity index is 1220. The molecule has 0 unspecified atom stereocenters. The largest absolute Gasteiger partial charge is 0.497 e. The predicted octanol–water partition coefficient (Wildman–Crippen LogP) is 5.24. The van der Waals surface area contributed by atoms with Crippen molar-refractivity contribution in [3.63, 3.8) is 0 Å². The number of fused-ring (bicyclic) bond motifs is 4. The molecule has 0 spiro atoms. The minimum atomic E-state index is -0.107. The van der Waals surface area contributed by atoms with Gasteiger partial charge in [0.05, 0.1) is 29.5 Å². The molecule has 3 aromatic rings. The van der Waals surface area contributed by atoms with Gasteiger partial charge in [0.15, 0.2) is 5.82 Å². The number of anilines is 2. The van der Waals surface area contributed by atoms with Gasteiger partial charge in [0, 0.05) is 50.8 Å². The standard InChI is InChI=1S/C26H28N6O2/c1-17(2)13-22-20(15-27-4)26-29-11-8-24(32-26)31-25-14-23(34-18(3)9-12-33-22)19(16-30-25)21-7-5-6-10-28-21/h5-8,10-11,14-16,18H,1,9,12-13H2,2-4H3,(H,29,30,31,32)/b22-20-,27-15?/t18-/m0/s1. The number of ether oxygens (including phenoxy) is 2. The molecule has 1 aliphatic rings. The summed E-state index contributed by atoms with van der Waals surface area (Å²) in [4.78, 5) is 22.4. The summed E-state index contributed by atoms with van der Waals surface area (Å²) >= 11 is 0. The van der Waals surface area contributed by atoms with Crippen LogP contribution in [0, 0.1) is 0 Å². The molecule has 1 atom stereocenters. The van der Waals surface area contributed by atoms with E-state index in [1.807, 2.05) is 38.1 Å². The fourth-order valence-corrected chi connectivity index (χ4v) is 3.51. The Balaban J connectivity index is 1.79. The first-order chi connectivity index (χ1) is 16.5. The van der Waals surface area contributed by atoms with Crippen LogP contribution < -0.4 is 10.1 Å². The molecule has 0 fully saturated rings. The van der Waals surface area contributed by atoms with Crippen LogP contribution in [0.25, 0.3) is 16.8 Å². The number of allylic oxidation sites excluding steroid dienone is 2. The van der Waals surface area contributed by atoms with Crippen molar-refractivity contribution in [1.29, 1.82) is 0 Å². The molecular formula is C26H28N6O2. The van der Waals surface area contributed by atoms with E-state index in [1.54, 1.807) is 37.9 Å². The zero-order chi connectivity index (χ0) is 23.9. The zero-order valence-electron chi connectivity index (χ0n) is 19.7. The van der Waals surface area contributed by atoms with Crippen LogP contribution in [-0.4, -0.2) is 45.9 Å². The fourth-order valence-electron chi connectivity index (χ4n) is 3.51. The van der Waals surface area contributed by atoms with Crippen molar-refractivity contribution in [2.24, 2.45) is 4.99 Å². The summed E-state index contributed by atoms with van der Waals surface area (Å²) in [5.74, 6) is 3.13. The van der Waals surface area contributed by atoms with Crippen molar-refractivity contribution in [3.05, 3.63) is 72.7 Å². The van der Waals surface area contributed by atoms with Gasteiger partial charge in [0.2, 0.25) is 0 Å². The molecule has 4 rings (SSSR count). The maximum atomic E-state index is 6.34. The van der Waals surface area contributed by atoms with Crippen molar-refractivity contribution in [3.8, 4) is 17.0 Å². The Labute approximate surface area is 199 Å². The molecule has 34 heavy (non-hydrogen) atoms. The van der Waals surface area contributed by atoms with Crippen LogP contribution >= 0.6 is 0 Å². The molecule has 1 aliphatic heterocycles. The lowest BCUT2D eigenvalue weighted by Gasteiger charge is -2.20. The van der Waals surface area contributed by atoms with E-state index < -0.39 is 0 Å². The maximum absolute atomic E-state index is 6.34. The Morgan fingerprint density at radius 1 is 1.21 bits per heavy atom. The molecule has 8 heteroatoms. The van der Waals surface area contributed by atoms with Crippen LogP contribution in [0.3, 0.4) is 0 Å². The minimum Gasteiger partial charge on any atom is -0.497 e. The number of aliphatic imine (C=N–C) groups is 1. The average molecular weight is 457 g/mol. The number of aromatic nitrogens is 4. The Morgan fingerprint density at radius 3 is 2.85 bits per heavy atom. The summed E-state index contributed by atoms with van der Waals surface area (Å²) in [5.41, 5.74) is 3.30. The van der Waals surface area contributed by atoms with Crippen molar-refractivity contribution in [2.45, 2.75) is 32.8 Å². The van der Waals surface area contributed by atoms with Gasteiger partial charge >= 0.3 is 0 Å². The first-order valence-corrected chi connectivity index (χ1v) is 11.1. The van der Waals surface area contributed by atoms with Crippen LogP contribution in [0.4, 0.5) is 11.6 Å². The Hall–Kier alpha value is -4.07. The molecule has 0 saturated heterocycles. The Kier molecular flexibility index (Phi) is 7.27. The summed E-state index contributed by atoms with van der Waals surface area (Å²) in [6.45, 7) is 8.49. The highest BCUT2D eigenvalue weighted by atomic mass is 16.5. The highest BCUT2D eigenvalue weighted by molar-refractivity contribution is 6.09. The van der Waals surface area contributed by atoms with Gasteiger partial charge in [-0.1, -0.05) is 18.2 Å². The normalized spacial score (nSPS) is 18.4. The summed E-state index contributed by atoms with van der Waals surface area (Å²) in [5, 5.41) is 3.26. The quantitative estimate of drug-likeness (QED) is 0.424. The topological polar surface area (TPSA) is 94.4 Å². The number of hydrogen-bond donors (Lipinski definition) is 1. The van der Waals surface area contributed by atoms with Crippen LogP contribution in [0.1, 0.15) is 32.5 Å². The molecular weight excluding hydrogens is 428 g/mol. The van der Waals surface area contributed by atoms with E-state index >= 15 is 0 Å². The van der Waals surface area contributed by atoms with Gasteiger partial charge < -0.3 is 14.8 Å². The minimum absolute atomic E-state index is 0.107. The monoisotopic (exact) mass is 456 g/mol. The predicted molar refractivity (Wildman–Crippen MR) is 134 cm³/mol. The molecule has 0 aliphatic carbocycles. The van der Waals surface area contributed by atoms with E-state index in [-0.39, 0.29) is 6.10 Å². The van der Waals surface area contributed by atoms with Gasteiger partial charge in [-0.2, -0.15) is 0 Å². The lowest BCUT2D eigenvalue weighted by Crippen LogP contribution is -2.16. The first kappa shape index (κ1) is 23.1. The second-order valence-corrected chi connectivity index (χ2v) is 8.09. The summed E-state index contributed by atoms with van der Waals surface area (Å²) in [6, 6.07) is 9.41. The molecule has 0 amide bonds. The summed E-state index contributed by atoms with van der Waals surface area (Å²) in [7, 11) is 1.71. The molecule has 4 bridgehead atoms.